The van der Waals surface area contributed by atoms with E-state index in [1.807, 2.05) is 0 Å². The van der Waals surface area contributed by atoms with Gasteiger partial charge in [-0.25, -0.2) is 4.98 Å². The maximum absolute atomic E-state index is 5.38. The topological polar surface area (TPSA) is 29.9 Å². The summed E-state index contributed by atoms with van der Waals surface area (Å²) in [6.45, 7) is 9.08. The van der Waals surface area contributed by atoms with Gasteiger partial charge in [0.05, 0.1) is 17.4 Å². The normalized spacial score (nSPS) is 12.2. The number of imidazole rings is 1. The lowest BCUT2D eigenvalue weighted by Gasteiger charge is -2.27. The van der Waals surface area contributed by atoms with Crippen molar-refractivity contribution in [3.05, 3.63) is 132 Å². The molecule has 0 radical (unpaired) electrons. The molecule has 0 aliphatic carbocycles. The second kappa shape index (κ2) is 11.1. The molecule has 1 N–H and O–H groups in total. The number of aromatic nitrogens is 2. The first-order valence-corrected chi connectivity index (χ1v) is 13.6. The summed E-state index contributed by atoms with van der Waals surface area (Å²) >= 11 is 0. The SMILES string of the molecule is CC(C)c1cccc(C(C)C)c1NC(c1ccccc1)c1nc(-c2ccccc2)n(C)c1-c1ccccc1. The van der Waals surface area contributed by atoms with Crippen LogP contribution in [0.2, 0.25) is 0 Å². The fraction of sp³-hybridized carbons (Fsp3) is 0.229. The lowest BCUT2D eigenvalue weighted by atomic mass is 9.91. The number of nitrogens with one attached hydrogen (secondary N) is 1. The minimum absolute atomic E-state index is 0.132. The van der Waals surface area contributed by atoms with E-state index in [9.17, 15) is 0 Å². The number of hydrogen-bond acceptors (Lipinski definition) is 2. The van der Waals surface area contributed by atoms with Crippen molar-refractivity contribution in [2.75, 3.05) is 5.32 Å². The third-order valence-corrected chi connectivity index (χ3v) is 7.27. The summed E-state index contributed by atoms with van der Waals surface area (Å²) < 4.78 is 2.25. The van der Waals surface area contributed by atoms with Gasteiger partial charge < -0.3 is 9.88 Å². The van der Waals surface area contributed by atoms with Crippen LogP contribution in [0.5, 0.6) is 0 Å². The molecule has 0 saturated carbocycles. The fourth-order valence-corrected chi connectivity index (χ4v) is 5.32. The highest BCUT2D eigenvalue weighted by atomic mass is 15.1. The van der Waals surface area contributed by atoms with Crippen LogP contribution in [0.4, 0.5) is 5.69 Å². The molecule has 0 fully saturated rings. The van der Waals surface area contributed by atoms with Gasteiger partial charge in [-0.1, -0.05) is 137 Å². The van der Waals surface area contributed by atoms with E-state index < -0.39 is 0 Å². The molecular formula is C35H37N3. The zero-order valence-corrected chi connectivity index (χ0v) is 23.0. The molecule has 0 aliphatic heterocycles. The molecule has 1 heterocycles. The highest BCUT2D eigenvalue weighted by Crippen LogP contribution is 2.40. The zero-order chi connectivity index (χ0) is 26.6. The van der Waals surface area contributed by atoms with Crippen molar-refractivity contribution in [2.45, 2.75) is 45.6 Å². The average Bonchev–Trinajstić information content (AvgIpc) is 3.29. The Balaban J connectivity index is 1.77. The van der Waals surface area contributed by atoms with Crippen molar-refractivity contribution in [1.29, 1.82) is 0 Å². The van der Waals surface area contributed by atoms with Crippen LogP contribution < -0.4 is 5.32 Å². The van der Waals surface area contributed by atoms with Gasteiger partial charge in [-0.15, -0.1) is 0 Å². The first-order valence-electron chi connectivity index (χ1n) is 13.6. The number of benzene rings is 4. The van der Waals surface area contributed by atoms with Gasteiger partial charge in [0.2, 0.25) is 0 Å². The van der Waals surface area contributed by atoms with E-state index in [1.165, 1.54) is 22.4 Å². The van der Waals surface area contributed by atoms with Crippen molar-refractivity contribution in [1.82, 2.24) is 9.55 Å². The fourth-order valence-electron chi connectivity index (χ4n) is 5.32. The number of nitrogens with zero attached hydrogens (tertiary/aromatic N) is 2. The Bertz CT molecular complexity index is 1460. The van der Waals surface area contributed by atoms with Gasteiger partial charge in [0, 0.05) is 23.9 Å². The second-order valence-corrected chi connectivity index (χ2v) is 10.6. The first-order chi connectivity index (χ1) is 18.5. The summed E-state index contributed by atoms with van der Waals surface area (Å²) in [6, 6.07) is 38.4. The molecule has 5 rings (SSSR count). The number of hydrogen-bond donors (Lipinski definition) is 1. The molecule has 3 nitrogen and oxygen atoms in total. The Morgan fingerprint density at radius 1 is 0.605 bits per heavy atom. The van der Waals surface area contributed by atoms with Gasteiger partial charge in [-0.3, -0.25) is 0 Å². The quantitative estimate of drug-likeness (QED) is 0.231. The Kier molecular flexibility index (Phi) is 7.46. The van der Waals surface area contributed by atoms with Gasteiger partial charge >= 0.3 is 0 Å². The molecule has 4 aromatic carbocycles. The van der Waals surface area contributed by atoms with Crippen LogP contribution in [-0.4, -0.2) is 9.55 Å². The number of anilines is 1. The van der Waals surface area contributed by atoms with Crippen LogP contribution in [0, 0.1) is 0 Å². The van der Waals surface area contributed by atoms with E-state index in [-0.39, 0.29) is 6.04 Å². The van der Waals surface area contributed by atoms with Gasteiger partial charge in [0.1, 0.15) is 5.82 Å². The van der Waals surface area contributed by atoms with Crippen molar-refractivity contribution in [3.63, 3.8) is 0 Å². The monoisotopic (exact) mass is 499 g/mol. The Labute approximate surface area is 227 Å². The van der Waals surface area contributed by atoms with E-state index in [2.05, 4.69) is 154 Å². The Morgan fingerprint density at radius 2 is 1.11 bits per heavy atom. The molecule has 1 aromatic heterocycles. The predicted molar refractivity (Wildman–Crippen MR) is 161 cm³/mol. The molecule has 38 heavy (non-hydrogen) atoms. The van der Waals surface area contributed by atoms with Crippen LogP contribution in [0.3, 0.4) is 0 Å². The molecule has 192 valence electrons. The summed E-state index contributed by atoms with van der Waals surface area (Å²) in [6.07, 6.45) is 0. The number of para-hydroxylation sites is 1. The van der Waals surface area contributed by atoms with Crippen molar-refractivity contribution in [3.8, 4) is 22.6 Å². The highest BCUT2D eigenvalue weighted by molar-refractivity contribution is 5.72. The van der Waals surface area contributed by atoms with Gasteiger partial charge in [0.15, 0.2) is 0 Å². The lowest BCUT2D eigenvalue weighted by molar-refractivity contribution is 0.816. The van der Waals surface area contributed by atoms with E-state index in [0.29, 0.717) is 11.8 Å². The summed E-state index contributed by atoms with van der Waals surface area (Å²) in [7, 11) is 2.13. The van der Waals surface area contributed by atoms with Gasteiger partial charge in [-0.2, -0.15) is 0 Å². The molecule has 0 aliphatic rings. The first kappa shape index (κ1) is 25.5. The van der Waals surface area contributed by atoms with Gasteiger partial charge in [0.25, 0.3) is 0 Å². The third-order valence-electron chi connectivity index (χ3n) is 7.27. The molecule has 3 heteroatoms. The smallest absolute Gasteiger partial charge is 0.140 e. The van der Waals surface area contributed by atoms with Crippen molar-refractivity contribution < 1.29 is 0 Å². The van der Waals surface area contributed by atoms with E-state index in [0.717, 1.165) is 28.3 Å². The van der Waals surface area contributed by atoms with Crippen LogP contribution in [0.15, 0.2) is 109 Å². The largest absolute Gasteiger partial charge is 0.372 e. The summed E-state index contributed by atoms with van der Waals surface area (Å²) in [4.78, 5) is 5.38. The van der Waals surface area contributed by atoms with Crippen LogP contribution in [0.1, 0.15) is 68.0 Å². The highest BCUT2D eigenvalue weighted by Gasteiger charge is 2.27. The molecule has 0 saturated heterocycles. The molecule has 1 atom stereocenters. The van der Waals surface area contributed by atoms with Crippen molar-refractivity contribution in [2.24, 2.45) is 7.05 Å². The predicted octanol–water partition coefficient (Wildman–Crippen LogP) is 9.20. The van der Waals surface area contributed by atoms with E-state index in [4.69, 9.17) is 4.98 Å². The Morgan fingerprint density at radius 3 is 1.63 bits per heavy atom. The maximum atomic E-state index is 5.38. The third kappa shape index (κ3) is 5.02. The molecule has 5 aromatic rings. The van der Waals surface area contributed by atoms with Crippen molar-refractivity contribution >= 4 is 5.69 Å². The van der Waals surface area contributed by atoms with Crippen LogP contribution >= 0.6 is 0 Å². The lowest BCUT2D eigenvalue weighted by Crippen LogP contribution is -2.17. The summed E-state index contributed by atoms with van der Waals surface area (Å²) in [5.41, 5.74) is 9.48. The second-order valence-electron chi connectivity index (χ2n) is 10.6. The Hall–Kier alpha value is -4.11. The summed E-state index contributed by atoms with van der Waals surface area (Å²) in [5.74, 6) is 1.75. The van der Waals surface area contributed by atoms with E-state index >= 15 is 0 Å². The summed E-state index contributed by atoms with van der Waals surface area (Å²) in [5, 5.41) is 4.04. The van der Waals surface area contributed by atoms with Crippen LogP contribution in [-0.2, 0) is 7.05 Å². The van der Waals surface area contributed by atoms with E-state index in [1.54, 1.807) is 0 Å². The van der Waals surface area contributed by atoms with Crippen LogP contribution in [0.25, 0.3) is 22.6 Å². The standard InChI is InChI=1S/C35H37N3/c1-24(2)29-22-15-23-30(25(3)4)32(29)36-31(26-16-9-6-10-17-26)33-34(27-18-11-7-12-19-27)38(5)35(37-33)28-20-13-8-14-21-28/h6-25,31,36H,1-5H3. The number of rotatable bonds is 8. The molecule has 1 unspecified atom stereocenters. The zero-order valence-electron chi connectivity index (χ0n) is 23.0. The average molecular weight is 500 g/mol. The molecular weight excluding hydrogens is 462 g/mol. The molecule has 0 spiro atoms. The molecule has 0 bridgehead atoms. The maximum Gasteiger partial charge on any atom is 0.140 e. The minimum Gasteiger partial charge on any atom is -0.372 e. The minimum atomic E-state index is -0.132. The molecule has 0 amide bonds. The van der Waals surface area contributed by atoms with Gasteiger partial charge in [-0.05, 0) is 28.5 Å².